The van der Waals surface area contributed by atoms with Gasteiger partial charge in [-0.15, -0.1) is 0 Å². The summed E-state index contributed by atoms with van der Waals surface area (Å²) in [6, 6.07) is 11.2. The Kier molecular flexibility index (Phi) is 6.44. The summed E-state index contributed by atoms with van der Waals surface area (Å²) >= 11 is 0. The molecule has 1 N–H and O–H groups in total. The Morgan fingerprint density at radius 1 is 1.04 bits per heavy atom. The fourth-order valence-corrected chi connectivity index (χ4v) is 2.03. The van der Waals surface area contributed by atoms with Gasteiger partial charge in [0.15, 0.2) is 12.2 Å². The third-order valence-corrected chi connectivity index (χ3v) is 3.50. The third kappa shape index (κ3) is 5.25. The van der Waals surface area contributed by atoms with Gasteiger partial charge in [-0.05, 0) is 50.2 Å². The molecule has 27 heavy (non-hydrogen) atoms. The molecule has 2 aromatic rings. The number of para-hydroxylation sites is 1. The Hall–Kier alpha value is -3.47. The first kappa shape index (κ1) is 19.8. The highest BCUT2D eigenvalue weighted by Crippen LogP contribution is 2.19. The molecular weight excluding hydrogens is 358 g/mol. The Morgan fingerprint density at radius 3 is 2.19 bits per heavy atom. The summed E-state index contributed by atoms with van der Waals surface area (Å²) in [6.45, 7) is 2.68. The van der Waals surface area contributed by atoms with Crippen molar-refractivity contribution in [2.75, 3.05) is 5.32 Å². The summed E-state index contributed by atoms with van der Waals surface area (Å²) in [7, 11) is 0. The van der Waals surface area contributed by atoms with E-state index in [4.69, 9.17) is 14.7 Å². The summed E-state index contributed by atoms with van der Waals surface area (Å²) in [5, 5.41) is 10.8. The molecule has 0 fully saturated rings. The average molecular weight is 374 g/mol. The lowest BCUT2D eigenvalue weighted by atomic mass is 10.2. The van der Waals surface area contributed by atoms with Gasteiger partial charge in [-0.25, -0.2) is 13.6 Å². The van der Waals surface area contributed by atoms with Crippen LogP contribution in [0.1, 0.15) is 19.4 Å². The van der Waals surface area contributed by atoms with E-state index in [0.29, 0.717) is 11.3 Å². The third-order valence-electron chi connectivity index (χ3n) is 3.50. The van der Waals surface area contributed by atoms with Crippen LogP contribution < -0.4 is 10.1 Å². The lowest BCUT2D eigenvalue weighted by molar-refractivity contribution is -0.159. The summed E-state index contributed by atoms with van der Waals surface area (Å²) < 4.78 is 37.5. The number of hydrogen-bond donors (Lipinski definition) is 1. The van der Waals surface area contributed by atoms with Crippen LogP contribution in [0.15, 0.2) is 42.5 Å². The molecule has 1 amide bonds. The Bertz CT molecular complexity index is 858. The summed E-state index contributed by atoms with van der Waals surface area (Å²) in [5.74, 6) is -3.28. The van der Waals surface area contributed by atoms with Crippen LogP contribution in [0.4, 0.5) is 14.5 Å². The van der Waals surface area contributed by atoms with E-state index in [1.807, 2.05) is 11.4 Å². The zero-order chi connectivity index (χ0) is 20.0. The van der Waals surface area contributed by atoms with Crippen molar-refractivity contribution in [2.45, 2.75) is 26.1 Å². The van der Waals surface area contributed by atoms with E-state index in [-0.39, 0.29) is 0 Å². The van der Waals surface area contributed by atoms with Gasteiger partial charge in [-0.1, -0.05) is 6.07 Å². The highest BCUT2D eigenvalue weighted by atomic mass is 19.1. The number of hydrogen-bond acceptors (Lipinski definition) is 5. The van der Waals surface area contributed by atoms with Gasteiger partial charge >= 0.3 is 5.97 Å². The van der Waals surface area contributed by atoms with Gasteiger partial charge in [-0.2, -0.15) is 5.26 Å². The minimum atomic E-state index is -1.30. The minimum Gasteiger partial charge on any atom is -0.479 e. The summed E-state index contributed by atoms with van der Waals surface area (Å²) in [6.07, 6.45) is -2.35. The number of carbonyl (C=O) groups excluding carboxylic acids is 2. The van der Waals surface area contributed by atoms with Gasteiger partial charge in [-0.3, -0.25) is 4.79 Å². The first-order valence-electron chi connectivity index (χ1n) is 7.94. The van der Waals surface area contributed by atoms with Gasteiger partial charge in [0.2, 0.25) is 0 Å². The number of esters is 1. The first-order valence-corrected chi connectivity index (χ1v) is 7.94. The monoisotopic (exact) mass is 374 g/mol. The molecule has 0 unspecified atom stereocenters. The molecule has 0 aromatic heterocycles. The zero-order valence-electron chi connectivity index (χ0n) is 14.5. The number of carbonyl (C=O) groups is 2. The van der Waals surface area contributed by atoms with Crippen molar-refractivity contribution in [3.05, 3.63) is 59.7 Å². The standard InChI is InChI=1S/C19H16F2N2O4/c1-11(18(24)23-17-15(20)4-3-5-16(17)21)27-19(25)12(2)26-14-8-6-13(10-22)7-9-14/h3-9,11-12H,1-2H3,(H,23,24)/t11-,12-/m1/s1. The summed E-state index contributed by atoms with van der Waals surface area (Å²) in [4.78, 5) is 24.1. The average Bonchev–Trinajstić information content (AvgIpc) is 2.65. The number of benzene rings is 2. The second-order valence-corrected chi connectivity index (χ2v) is 5.56. The van der Waals surface area contributed by atoms with Crippen molar-refractivity contribution in [3.8, 4) is 11.8 Å². The second-order valence-electron chi connectivity index (χ2n) is 5.56. The number of amides is 1. The van der Waals surface area contributed by atoms with Crippen molar-refractivity contribution in [2.24, 2.45) is 0 Å². The molecule has 0 spiro atoms. The molecule has 140 valence electrons. The molecule has 0 aliphatic rings. The predicted molar refractivity (Wildman–Crippen MR) is 91.8 cm³/mol. The number of nitrogens with zero attached hydrogens (tertiary/aromatic N) is 1. The largest absolute Gasteiger partial charge is 0.479 e. The van der Waals surface area contributed by atoms with Crippen LogP contribution in [0.5, 0.6) is 5.75 Å². The van der Waals surface area contributed by atoms with E-state index in [1.165, 1.54) is 38.1 Å². The number of anilines is 1. The molecule has 8 heteroatoms. The zero-order valence-corrected chi connectivity index (χ0v) is 14.5. The normalized spacial score (nSPS) is 12.4. The molecule has 2 aromatic carbocycles. The number of halogens is 2. The molecule has 0 bridgehead atoms. The molecule has 0 aliphatic carbocycles. The van der Waals surface area contributed by atoms with Crippen LogP contribution in [0.2, 0.25) is 0 Å². The Balaban J connectivity index is 1.93. The fourth-order valence-electron chi connectivity index (χ4n) is 2.03. The molecule has 2 rings (SSSR count). The van der Waals surface area contributed by atoms with Crippen LogP contribution in [-0.2, 0) is 14.3 Å². The minimum absolute atomic E-state index is 0.337. The van der Waals surface area contributed by atoms with Gasteiger partial charge in [0, 0.05) is 0 Å². The van der Waals surface area contributed by atoms with Crippen LogP contribution in [0, 0.1) is 23.0 Å². The van der Waals surface area contributed by atoms with Gasteiger partial charge in [0.05, 0.1) is 11.6 Å². The van der Waals surface area contributed by atoms with Gasteiger partial charge in [0.25, 0.3) is 5.91 Å². The van der Waals surface area contributed by atoms with E-state index >= 15 is 0 Å². The van der Waals surface area contributed by atoms with Crippen molar-refractivity contribution in [3.63, 3.8) is 0 Å². The highest BCUT2D eigenvalue weighted by molar-refractivity contribution is 5.95. The fraction of sp³-hybridized carbons (Fsp3) is 0.211. The maximum Gasteiger partial charge on any atom is 0.347 e. The molecule has 6 nitrogen and oxygen atoms in total. The van der Waals surface area contributed by atoms with E-state index in [9.17, 15) is 18.4 Å². The van der Waals surface area contributed by atoms with Crippen LogP contribution in [0.3, 0.4) is 0 Å². The number of ether oxygens (including phenoxy) is 2. The maximum absolute atomic E-state index is 13.6. The van der Waals surface area contributed by atoms with E-state index in [0.717, 1.165) is 18.2 Å². The second kappa shape index (κ2) is 8.76. The van der Waals surface area contributed by atoms with Gasteiger partial charge in [0.1, 0.15) is 23.1 Å². The van der Waals surface area contributed by atoms with Crippen molar-refractivity contribution in [1.82, 2.24) is 0 Å². The van der Waals surface area contributed by atoms with Gasteiger partial charge < -0.3 is 14.8 Å². The van der Waals surface area contributed by atoms with Crippen LogP contribution in [0.25, 0.3) is 0 Å². The highest BCUT2D eigenvalue weighted by Gasteiger charge is 2.24. The van der Waals surface area contributed by atoms with Crippen LogP contribution >= 0.6 is 0 Å². The van der Waals surface area contributed by atoms with E-state index in [2.05, 4.69) is 0 Å². The van der Waals surface area contributed by atoms with Crippen molar-refractivity contribution < 1.29 is 27.8 Å². The predicted octanol–water partition coefficient (Wildman–Crippen LogP) is 3.17. The molecule has 2 atom stereocenters. The van der Waals surface area contributed by atoms with E-state index in [1.54, 1.807) is 0 Å². The lowest BCUT2D eigenvalue weighted by Gasteiger charge is -2.18. The SMILES string of the molecule is C[C@@H](OC(=O)[C@@H](C)Oc1ccc(C#N)cc1)C(=O)Nc1c(F)cccc1F. The Labute approximate surface area is 154 Å². The molecule has 0 aliphatic heterocycles. The molecule has 0 saturated carbocycles. The number of nitrogens with one attached hydrogen (secondary N) is 1. The maximum atomic E-state index is 13.6. The number of rotatable bonds is 6. The van der Waals surface area contributed by atoms with Crippen LogP contribution in [-0.4, -0.2) is 24.1 Å². The van der Waals surface area contributed by atoms with E-state index < -0.39 is 41.4 Å². The summed E-state index contributed by atoms with van der Waals surface area (Å²) in [5.41, 5.74) is -0.185. The molecular formula is C19H16F2N2O4. The number of nitriles is 1. The first-order chi connectivity index (χ1) is 12.8. The smallest absolute Gasteiger partial charge is 0.347 e. The molecule has 0 saturated heterocycles. The molecule has 0 radical (unpaired) electrons. The lowest BCUT2D eigenvalue weighted by Crippen LogP contribution is -2.35. The van der Waals surface area contributed by atoms with Crippen molar-refractivity contribution in [1.29, 1.82) is 5.26 Å². The Morgan fingerprint density at radius 2 is 1.63 bits per heavy atom. The topological polar surface area (TPSA) is 88.4 Å². The molecule has 0 heterocycles. The quantitative estimate of drug-likeness (QED) is 0.785. The van der Waals surface area contributed by atoms with Crippen molar-refractivity contribution >= 4 is 17.6 Å².